The zero-order valence-corrected chi connectivity index (χ0v) is 10.6. The molecule has 0 aliphatic rings. The van der Waals surface area contributed by atoms with Crippen LogP contribution in [-0.4, -0.2) is 6.54 Å². The Morgan fingerprint density at radius 1 is 1.11 bits per heavy atom. The second kappa shape index (κ2) is 5.80. The molecular weight excluding hydrogens is 248 g/mol. The predicted octanol–water partition coefficient (Wildman–Crippen LogP) is 3.35. The molecule has 100 valence electrons. The van der Waals surface area contributed by atoms with Gasteiger partial charge in [-0.15, -0.1) is 0 Å². The van der Waals surface area contributed by atoms with Gasteiger partial charge in [0.15, 0.2) is 11.6 Å². The molecule has 0 heterocycles. The maximum Gasteiger partial charge on any atom is 0.162 e. The molecule has 0 saturated carbocycles. The van der Waals surface area contributed by atoms with E-state index in [4.69, 9.17) is 10.5 Å². The molecule has 2 rings (SSSR count). The molecule has 0 fully saturated rings. The standard InChI is InChI=1S/C15H15F2NO/c1-10-4-2-3-5-12(10)15(9-18)19-11-6-7-13(16)14(17)8-11/h2-8,15H,9,18H2,1H3. The molecule has 0 aliphatic carbocycles. The highest BCUT2D eigenvalue weighted by molar-refractivity contribution is 5.30. The number of ether oxygens (including phenoxy) is 1. The van der Waals surface area contributed by atoms with E-state index in [1.165, 1.54) is 6.07 Å². The molecule has 2 nitrogen and oxygen atoms in total. The van der Waals surface area contributed by atoms with Crippen molar-refractivity contribution in [2.45, 2.75) is 13.0 Å². The van der Waals surface area contributed by atoms with Gasteiger partial charge >= 0.3 is 0 Å². The molecule has 19 heavy (non-hydrogen) atoms. The first kappa shape index (κ1) is 13.5. The largest absolute Gasteiger partial charge is 0.484 e. The number of rotatable bonds is 4. The van der Waals surface area contributed by atoms with E-state index in [-0.39, 0.29) is 18.4 Å². The molecule has 0 spiro atoms. The van der Waals surface area contributed by atoms with Crippen LogP contribution in [0.5, 0.6) is 5.75 Å². The third-order valence-electron chi connectivity index (χ3n) is 2.92. The summed E-state index contributed by atoms with van der Waals surface area (Å²) in [4.78, 5) is 0. The van der Waals surface area contributed by atoms with Crippen LogP contribution in [0.25, 0.3) is 0 Å². The van der Waals surface area contributed by atoms with Crippen LogP contribution in [0.4, 0.5) is 8.78 Å². The van der Waals surface area contributed by atoms with Gasteiger partial charge < -0.3 is 10.5 Å². The predicted molar refractivity (Wildman–Crippen MR) is 70.0 cm³/mol. The van der Waals surface area contributed by atoms with Crippen molar-refractivity contribution in [3.8, 4) is 5.75 Å². The first-order valence-corrected chi connectivity index (χ1v) is 5.99. The molecular formula is C15H15F2NO. The number of benzene rings is 2. The van der Waals surface area contributed by atoms with Gasteiger partial charge in [0, 0.05) is 12.6 Å². The quantitative estimate of drug-likeness (QED) is 0.918. The summed E-state index contributed by atoms with van der Waals surface area (Å²) in [7, 11) is 0. The molecule has 0 saturated heterocycles. The number of hydrogen-bond acceptors (Lipinski definition) is 2. The Morgan fingerprint density at radius 2 is 1.84 bits per heavy atom. The SMILES string of the molecule is Cc1ccccc1C(CN)Oc1ccc(F)c(F)c1. The van der Waals surface area contributed by atoms with Gasteiger partial charge in [0.25, 0.3) is 0 Å². The highest BCUT2D eigenvalue weighted by atomic mass is 19.2. The minimum atomic E-state index is -0.932. The van der Waals surface area contributed by atoms with E-state index < -0.39 is 11.6 Å². The van der Waals surface area contributed by atoms with E-state index in [0.717, 1.165) is 23.3 Å². The maximum absolute atomic E-state index is 13.1. The van der Waals surface area contributed by atoms with Crippen molar-refractivity contribution in [2.24, 2.45) is 5.73 Å². The van der Waals surface area contributed by atoms with Gasteiger partial charge in [-0.1, -0.05) is 24.3 Å². The van der Waals surface area contributed by atoms with Crippen molar-refractivity contribution < 1.29 is 13.5 Å². The van der Waals surface area contributed by atoms with E-state index in [1.807, 2.05) is 31.2 Å². The molecule has 2 N–H and O–H groups in total. The molecule has 1 atom stereocenters. The lowest BCUT2D eigenvalue weighted by molar-refractivity contribution is 0.212. The summed E-state index contributed by atoms with van der Waals surface area (Å²) in [5, 5.41) is 0. The molecule has 4 heteroatoms. The fourth-order valence-corrected chi connectivity index (χ4v) is 1.90. The Kier molecular flexibility index (Phi) is 4.12. The van der Waals surface area contributed by atoms with E-state index in [2.05, 4.69) is 0 Å². The minimum absolute atomic E-state index is 0.254. The van der Waals surface area contributed by atoms with Crippen molar-refractivity contribution >= 4 is 0 Å². The lowest BCUT2D eigenvalue weighted by Gasteiger charge is -2.19. The Morgan fingerprint density at radius 3 is 2.47 bits per heavy atom. The minimum Gasteiger partial charge on any atom is -0.484 e. The van der Waals surface area contributed by atoms with Crippen LogP contribution in [-0.2, 0) is 0 Å². The van der Waals surface area contributed by atoms with Gasteiger partial charge in [0.1, 0.15) is 11.9 Å². The van der Waals surface area contributed by atoms with Crippen LogP contribution >= 0.6 is 0 Å². The van der Waals surface area contributed by atoms with Crippen molar-refractivity contribution in [2.75, 3.05) is 6.54 Å². The van der Waals surface area contributed by atoms with Crippen molar-refractivity contribution in [3.05, 3.63) is 65.2 Å². The topological polar surface area (TPSA) is 35.2 Å². The van der Waals surface area contributed by atoms with Gasteiger partial charge in [-0.05, 0) is 30.2 Å². The first-order valence-electron chi connectivity index (χ1n) is 5.99. The Balaban J connectivity index is 2.24. The smallest absolute Gasteiger partial charge is 0.162 e. The van der Waals surface area contributed by atoms with Crippen LogP contribution in [0, 0.1) is 18.6 Å². The fraction of sp³-hybridized carbons (Fsp3) is 0.200. The molecule has 0 aliphatic heterocycles. The summed E-state index contributed by atoms with van der Waals surface area (Å²) in [6, 6.07) is 11.1. The molecule has 2 aromatic carbocycles. The second-order valence-corrected chi connectivity index (χ2v) is 4.27. The van der Waals surface area contributed by atoms with Crippen molar-refractivity contribution in [1.82, 2.24) is 0 Å². The van der Waals surface area contributed by atoms with Gasteiger partial charge in [0.05, 0.1) is 0 Å². The van der Waals surface area contributed by atoms with Crippen LogP contribution < -0.4 is 10.5 Å². The van der Waals surface area contributed by atoms with Crippen LogP contribution in [0.2, 0.25) is 0 Å². The number of hydrogen-bond donors (Lipinski definition) is 1. The monoisotopic (exact) mass is 263 g/mol. The Bertz CT molecular complexity index is 572. The average molecular weight is 263 g/mol. The molecule has 2 aromatic rings. The number of nitrogens with two attached hydrogens (primary N) is 1. The van der Waals surface area contributed by atoms with Gasteiger partial charge in [-0.25, -0.2) is 8.78 Å². The van der Waals surface area contributed by atoms with E-state index in [9.17, 15) is 8.78 Å². The van der Waals surface area contributed by atoms with Crippen LogP contribution in [0.1, 0.15) is 17.2 Å². The molecule has 0 bridgehead atoms. The van der Waals surface area contributed by atoms with Gasteiger partial charge in [0.2, 0.25) is 0 Å². The number of halogens is 2. The molecule has 1 unspecified atom stereocenters. The Labute approximate surface area is 110 Å². The zero-order chi connectivity index (χ0) is 13.8. The highest BCUT2D eigenvalue weighted by Crippen LogP contribution is 2.24. The third kappa shape index (κ3) is 3.09. The summed E-state index contributed by atoms with van der Waals surface area (Å²) in [6.45, 7) is 2.20. The zero-order valence-electron chi connectivity index (χ0n) is 10.6. The second-order valence-electron chi connectivity index (χ2n) is 4.27. The van der Waals surface area contributed by atoms with Gasteiger partial charge in [-0.2, -0.15) is 0 Å². The summed E-state index contributed by atoms with van der Waals surface area (Å²) in [5.41, 5.74) is 7.68. The highest BCUT2D eigenvalue weighted by Gasteiger charge is 2.14. The number of aryl methyl sites for hydroxylation is 1. The Hall–Kier alpha value is -1.94. The lowest BCUT2D eigenvalue weighted by atomic mass is 10.0. The summed E-state index contributed by atoms with van der Waals surface area (Å²) in [5.74, 6) is -1.57. The first-order chi connectivity index (χ1) is 9.11. The van der Waals surface area contributed by atoms with Gasteiger partial charge in [-0.3, -0.25) is 0 Å². The van der Waals surface area contributed by atoms with Crippen LogP contribution in [0.3, 0.4) is 0 Å². The maximum atomic E-state index is 13.1. The average Bonchev–Trinajstić information content (AvgIpc) is 2.41. The molecule has 0 amide bonds. The molecule has 0 radical (unpaired) electrons. The van der Waals surface area contributed by atoms with Crippen LogP contribution in [0.15, 0.2) is 42.5 Å². The van der Waals surface area contributed by atoms with E-state index in [1.54, 1.807) is 0 Å². The fourth-order valence-electron chi connectivity index (χ4n) is 1.90. The van der Waals surface area contributed by atoms with E-state index in [0.29, 0.717) is 0 Å². The van der Waals surface area contributed by atoms with Crippen molar-refractivity contribution in [3.63, 3.8) is 0 Å². The normalized spacial score (nSPS) is 12.2. The summed E-state index contributed by atoms with van der Waals surface area (Å²) < 4.78 is 31.6. The molecule has 0 aromatic heterocycles. The summed E-state index contributed by atoms with van der Waals surface area (Å²) in [6.07, 6.45) is -0.383. The van der Waals surface area contributed by atoms with E-state index >= 15 is 0 Å². The summed E-state index contributed by atoms with van der Waals surface area (Å²) >= 11 is 0. The lowest BCUT2D eigenvalue weighted by Crippen LogP contribution is -2.19. The van der Waals surface area contributed by atoms with Crippen molar-refractivity contribution in [1.29, 1.82) is 0 Å². The third-order valence-corrected chi connectivity index (χ3v) is 2.92.